The van der Waals surface area contributed by atoms with Gasteiger partial charge in [0.1, 0.15) is 5.82 Å². The predicted octanol–water partition coefficient (Wildman–Crippen LogP) is 2.83. The molecule has 0 saturated heterocycles. The number of carbonyl (C=O) groups excluding carboxylic acids is 1. The summed E-state index contributed by atoms with van der Waals surface area (Å²) in [6.07, 6.45) is 0. The Kier molecular flexibility index (Phi) is 3.69. The summed E-state index contributed by atoms with van der Waals surface area (Å²) in [5.41, 5.74) is 2.28. The molecule has 0 amide bonds. The monoisotopic (exact) mass is 237 g/mol. The van der Waals surface area contributed by atoms with Gasteiger partial charge in [-0.05, 0) is 23.7 Å². The van der Waals surface area contributed by atoms with Crippen LogP contribution >= 0.6 is 23.2 Å². The third-order valence-corrected chi connectivity index (χ3v) is 2.00. The fourth-order valence-corrected chi connectivity index (χ4v) is 1.33. The van der Waals surface area contributed by atoms with E-state index >= 15 is 0 Å². The van der Waals surface area contributed by atoms with Gasteiger partial charge in [0.2, 0.25) is 0 Å². The fourth-order valence-electron chi connectivity index (χ4n) is 0.888. The van der Waals surface area contributed by atoms with Crippen molar-refractivity contribution in [2.75, 3.05) is 12.6 Å². The van der Waals surface area contributed by atoms with E-state index in [0.717, 1.165) is 6.07 Å². The smallest absolute Gasteiger partial charge is 0.253 e. The van der Waals surface area contributed by atoms with Gasteiger partial charge in [0.15, 0.2) is 0 Å². The van der Waals surface area contributed by atoms with E-state index in [9.17, 15) is 9.18 Å². The van der Waals surface area contributed by atoms with E-state index < -0.39 is 11.1 Å². The number of carbonyl (C=O) groups is 1. The summed E-state index contributed by atoms with van der Waals surface area (Å²) in [6, 6.07) is 2.16. The normalized spacial score (nSPS) is 10.0. The quantitative estimate of drug-likeness (QED) is 0.649. The summed E-state index contributed by atoms with van der Waals surface area (Å²) in [6.45, 7) is 0. The lowest BCUT2D eigenvalue weighted by Crippen LogP contribution is -2.01. The van der Waals surface area contributed by atoms with Gasteiger partial charge in [0.25, 0.3) is 5.24 Å². The minimum absolute atomic E-state index is 0.000833. The Bertz CT molecular complexity index is 371. The Morgan fingerprint density at radius 1 is 1.57 bits per heavy atom. The van der Waals surface area contributed by atoms with Crippen molar-refractivity contribution in [1.82, 2.24) is 0 Å². The molecule has 1 N–H and O–H groups in total. The number of hydrogen-bond acceptors (Lipinski definition) is 3. The second-order valence-electron chi connectivity index (χ2n) is 2.39. The molecule has 0 aliphatic rings. The van der Waals surface area contributed by atoms with Gasteiger partial charge in [-0.15, -0.1) is 0 Å². The summed E-state index contributed by atoms with van der Waals surface area (Å²) in [4.78, 5) is 15.3. The number of benzene rings is 1. The second-order valence-corrected chi connectivity index (χ2v) is 3.14. The van der Waals surface area contributed by atoms with E-state index in [4.69, 9.17) is 23.2 Å². The van der Waals surface area contributed by atoms with E-state index in [1.165, 1.54) is 13.2 Å². The molecular formula is C8H6Cl2FNO2. The van der Waals surface area contributed by atoms with Crippen molar-refractivity contribution in [1.29, 1.82) is 0 Å². The van der Waals surface area contributed by atoms with Gasteiger partial charge in [-0.2, -0.15) is 0 Å². The highest BCUT2D eigenvalue weighted by molar-refractivity contribution is 6.68. The van der Waals surface area contributed by atoms with Gasteiger partial charge in [0, 0.05) is 0 Å². The molecule has 0 radical (unpaired) electrons. The first-order valence-electron chi connectivity index (χ1n) is 3.54. The summed E-state index contributed by atoms with van der Waals surface area (Å²) in [5, 5.41) is -0.793. The van der Waals surface area contributed by atoms with Crippen molar-refractivity contribution >= 4 is 34.1 Å². The van der Waals surface area contributed by atoms with Crippen molar-refractivity contribution in [3.8, 4) is 0 Å². The van der Waals surface area contributed by atoms with E-state index in [1.807, 2.05) is 0 Å². The third kappa shape index (κ3) is 2.35. The van der Waals surface area contributed by atoms with E-state index in [0.29, 0.717) is 0 Å². The lowest BCUT2D eigenvalue weighted by atomic mass is 10.2. The van der Waals surface area contributed by atoms with Crippen molar-refractivity contribution in [2.45, 2.75) is 0 Å². The van der Waals surface area contributed by atoms with Crippen molar-refractivity contribution < 1.29 is 14.0 Å². The largest absolute Gasteiger partial charge is 0.279 e. The topological polar surface area (TPSA) is 38.3 Å². The molecule has 76 valence electrons. The van der Waals surface area contributed by atoms with Crippen LogP contribution in [0.3, 0.4) is 0 Å². The first-order valence-corrected chi connectivity index (χ1v) is 4.29. The van der Waals surface area contributed by atoms with Crippen LogP contribution in [0, 0.1) is 5.82 Å². The van der Waals surface area contributed by atoms with Crippen LogP contribution in [0.4, 0.5) is 10.1 Å². The molecule has 0 bridgehead atoms. The van der Waals surface area contributed by atoms with Crippen molar-refractivity contribution in [2.24, 2.45) is 0 Å². The number of rotatable bonds is 3. The Balaban J connectivity index is 3.20. The molecule has 0 aliphatic heterocycles. The zero-order chi connectivity index (χ0) is 10.7. The molecule has 1 rings (SSSR count). The Hall–Kier alpha value is -0.840. The van der Waals surface area contributed by atoms with Gasteiger partial charge < -0.3 is 0 Å². The molecule has 14 heavy (non-hydrogen) atoms. The second kappa shape index (κ2) is 4.59. The molecule has 0 unspecified atom stereocenters. The van der Waals surface area contributed by atoms with Gasteiger partial charge >= 0.3 is 0 Å². The molecule has 0 heterocycles. The van der Waals surface area contributed by atoms with E-state index in [2.05, 4.69) is 10.3 Å². The highest BCUT2D eigenvalue weighted by Crippen LogP contribution is 2.25. The van der Waals surface area contributed by atoms with E-state index in [-0.39, 0.29) is 16.3 Å². The molecule has 1 aromatic carbocycles. The zero-order valence-corrected chi connectivity index (χ0v) is 8.62. The summed E-state index contributed by atoms with van der Waals surface area (Å²) in [5.74, 6) is -0.626. The lowest BCUT2D eigenvalue weighted by molar-refractivity contribution is 0.108. The Morgan fingerprint density at radius 2 is 2.21 bits per heavy atom. The molecule has 0 spiro atoms. The van der Waals surface area contributed by atoms with Crippen LogP contribution in [-0.2, 0) is 4.84 Å². The maximum absolute atomic E-state index is 13.1. The molecular weight excluding hydrogens is 232 g/mol. The highest BCUT2D eigenvalue weighted by Gasteiger charge is 2.12. The van der Waals surface area contributed by atoms with Crippen LogP contribution in [0.5, 0.6) is 0 Å². The molecule has 0 atom stereocenters. The molecule has 1 aromatic rings. The summed E-state index contributed by atoms with van der Waals surface area (Å²) in [7, 11) is 1.32. The average Bonchev–Trinajstić information content (AvgIpc) is 2.09. The number of hydrogen-bond donors (Lipinski definition) is 1. The molecule has 0 aliphatic carbocycles. The van der Waals surface area contributed by atoms with Gasteiger partial charge in [-0.3, -0.25) is 15.1 Å². The summed E-state index contributed by atoms with van der Waals surface area (Å²) < 4.78 is 13.1. The predicted molar refractivity (Wildman–Crippen MR) is 52.2 cm³/mol. The summed E-state index contributed by atoms with van der Waals surface area (Å²) >= 11 is 10.8. The van der Waals surface area contributed by atoms with Gasteiger partial charge in [0.05, 0.1) is 23.4 Å². The third-order valence-electron chi connectivity index (χ3n) is 1.48. The first kappa shape index (κ1) is 11.2. The van der Waals surface area contributed by atoms with E-state index in [1.54, 1.807) is 0 Å². The number of nitrogens with one attached hydrogen (secondary N) is 1. The highest BCUT2D eigenvalue weighted by atomic mass is 35.5. The Labute approximate surface area is 89.7 Å². The molecule has 3 nitrogen and oxygen atoms in total. The van der Waals surface area contributed by atoms with Crippen molar-refractivity contribution in [3.63, 3.8) is 0 Å². The van der Waals surface area contributed by atoms with Crippen LogP contribution in [0.15, 0.2) is 12.1 Å². The van der Waals surface area contributed by atoms with Crippen molar-refractivity contribution in [3.05, 3.63) is 28.5 Å². The minimum atomic E-state index is -0.755. The van der Waals surface area contributed by atoms with Crippen LogP contribution in [0.25, 0.3) is 0 Å². The van der Waals surface area contributed by atoms with Gasteiger partial charge in [-0.1, -0.05) is 11.6 Å². The molecule has 0 saturated carbocycles. The maximum atomic E-state index is 13.1. The number of anilines is 1. The van der Waals surface area contributed by atoms with Crippen LogP contribution in [0.1, 0.15) is 10.4 Å². The SMILES string of the molecule is CONc1cc(C(=O)Cl)c(Cl)cc1F. The first-order chi connectivity index (χ1) is 6.56. The maximum Gasteiger partial charge on any atom is 0.253 e. The van der Waals surface area contributed by atoms with Crippen LogP contribution in [-0.4, -0.2) is 12.4 Å². The average molecular weight is 238 g/mol. The molecule has 0 fully saturated rings. The standard InChI is InChI=1S/C8H6Cl2FNO2/c1-14-12-7-2-4(8(10)13)5(9)3-6(7)11/h2-3,12H,1H3. The van der Waals surface area contributed by atoms with Gasteiger partial charge in [-0.25, -0.2) is 4.39 Å². The van der Waals surface area contributed by atoms with Crippen LogP contribution < -0.4 is 5.48 Å². The van der Waals surface area contributed by atoms with Crippen LogP contribution in [0.2, 0.25) is 5.02 Å². The molecule has 0 aromatic heterocycles. The minimum Gasteiger partial charge on any atom is -0.279 e. The zero-order valence-electron chi connectivity index (χ0n) is 7.11. The lowest BCUT2D eigenvalue weighted by Gasteiger charge is -2.06. The molecule has 6 heteroatoms. The Morgan fingerprint density at radius 3 is 2.71 bits per heavy atom. The number of halogens is 3. The fraction of sp³-hybridized carbons (Fsp3) is 0.125.